The van der Waals surface area contributed by atoms with Crippen LogP contribution >= 0.6 is 0 Å². The number of benzene rings is 1. The topological polar surface area (TPSA) is 46.6 Å². The summed E-state index contributed by atoms with van der Waals surface area (Å²) in [6, 6.07) is 7.43. The number of anilines is 1. The number of Topliss-reactive ketones (excluding diaryl/α,β-unsaturated/α-hetero) is 1. The van der Waals surface area contributed by atoms with Gasteiger partial charge in [-0.2, -0.15) is 0 Å². The van der Waals surface area contributed by atoms with Crippen LogP contribution < -0.4 is 9.64 Å². The van der Waals surface area contributed by atoms with Crippen molar-refractivity contribution >= 4 is 17.4 Å². The molecule has 4 nitrogen and oxygen atoms in total. The van der Waals surface area contributed by atoms with Gasteiger partial charge in [-0.3, -0.25) is 9.59 Å². The van der Waals surface area contributed by atoms with Crippen LogP contribution in [0.25, 0.3) is 0 Å². The van der Waals surface area contributed by atoms with Gasteiger partial charge in [0.15, 0.2) is 5.78 Å². The number of nitrogens with zero attached hydrogens (tertiary/aromatic N) is 1. The minimum atomic E-state index is -0.0554. The Hall–Kier alpha value is -2.62. The van der Waals surface area contributed by atoms with Crippen molar-refractivity contribution in [2.45, 2.75) is 64.7 Å². The number of carbonyl (C=O) groups is 2. The number of rotatable bonds is 11. The van der Waals surface area contributed by atoms with Crippen LogP contribution in [-0.2, 0) is 9.59 Å². The summed E-state index contributed by atoms with van der Waals surface area (Å²) in [4.78, 5) is 27.7. The van der Waals surface area contributed by atoms with E-state index in [-0.39, 0.29) is 18.2 Å². The largest absolute Gasteiger partial charge is 0.495 e. The van der Waals surface area contributed by atoms with Crippen LogP contribution in [0.15, 0.2) is 59.7 Å². The Labute approximate surface area is 186 Å². The number of hydrogen-bond donors (Lipinski definition) is 0. The summed E-state index contributed by atoms with van der Waals surface area (Å²) < 4.78 is 5.48. The van der Waals surface area contributed by atoms with E-state index >= 15 is 0 Å². The Kier molecular flexibility index (Phi) is 8.27. The first-order chi connectivity index (χ1) is 15.0. The molecule has 31 heavy (non-hydrogen) atoms. The molecule has 0 spiro atoms. The van der Waals surface area contributed by atoms with Crippen molar-refractivity contribution in [2.24, 2.45) is 5.92 Å². The Morgan fingerprint density at radius 2 is 1.90 bits per heavy atom. The van der Waals surface area contributed by atoms with Crippen LogP contribution in [0.3, 0.4) is 0 Å². The van der Waals surface area contributed by atoms with Crippen LogP contribution in [0.4, 0.5) is 5.69 Å². The van der Waals surface area contributed by atoms with Gasteiger partial charge >= 0.3 is 0 Å². The van der Waals surface area contributed by atoms with Gasteiger partial charge in [-0.15, -0.1) is 0 Å². The zero-order valence-electron chi connectivity index (χ0n) is 19.0. The lowest BCUT2D eigenvalue weighted by Crippen LogP contribution is -2.36. The van der Waals surface area contributed by atoms with E-state index in [1.807, 2.05) is 24.3 Å². The minimum absolute atomic E-state index is 0.0554. The highest BCUT2D eigenvalue weighted by molar-refractivity contribution is 6.00. The van der Waals surface area contributed by atoms with E-state index in [0.717, 1.165) is 31.3 Å². The summed E-state index contributed by atoms with van der Waals surface area (Å²) in [5, 5.41) is 0. The first kappa shape index (κ1) is 23.1. The van der Waals surface area contributed by atoms with Crippen molar-refractivity contribution in [3.63, 3.8) is 0 Å². The van der Waals surface area contributed by atoms with Crippen molar-refractivity contribution in [3.8, 4) is 5.75 Å². The summed E-state index contributed by atoms with van der Waals surface area (Å²) in [5.74, 6) is 1.16. The number of amides is 1. The van der Waals surface area contributed by atoms with E-state index in [1.165, 1.54) is 24.0 Å². The number of ketones is 1. The lowest BCUT2D eigenvalue weighted by Gasteiger charge is -2.25. The van der Waals surface area contributed by atoms with Crippen LogP contribution in [0, 0.1) is 5.92 Å². The maximum atomic E-state index is 13.2. The fraction of sp³-hybridized carbons (Fsp3) is 0.481. The van der Waals surface area contributed by atoms with Gasteiger partial charge in [-0.1, -0.05) is 73.3 Å². The third-order valence-corrected chi connectivity index (χ3v) is 6.29. The Morgan fingerprint density at radius 1 is 1.16 bits per heavy atom. The van der Waals surface area contributed by atoms with E-state index in [2.05, 4.69) is 25.7 Å². The molecule has 2 aliphatic rings. The van der Waals surface area contributed by atoms with Crippen LogP contribution in [-0.4, -0.2) is 25.3 Å². The molecule has 0 unspecified atom stereocenters. The SMILES string of the molecule is C=C(CCC(=O)N(CC(=O)CC1CCCC1)c1ccccc1OC)CC1=CC(C)=CC1. The fourth-order valence-electron chi connectivity index (χ4n) is 4.62. The molecule has 0 aromatic heterocycles. The summed E-state index contributed by atoms with van der Waals surface area (Å²) >= 11 is 0. The van der Waals surface area contributed by atoms with E-state index in [1.54, 1.807) is 12.0 Å². The van der Waals surface area contributed by atoms with Gasteiger partial charge in [0.05, 0.1) is 19.3 Å². The summed E-state index contributed by atoms with van der Waals surface area (Å²) in [6.45, 7) is 6.40. The lowest BCUT2D eigenvalue weighted by molar-refractivity contribution is -0.123. The highest BCUT2D eigenvalue weighted by Gasteiger charge is 2.25. The molecular weight excluding hydrogens is 386 g/mol. The molecule has 3 rings (SSSR count). The van der Waals surface area contributed by atoms with Gasteiger partial charge in [-0.05, 0) is 44.2 Å². The summed E-state index contributed by atoms with van der Waals surface area (Å²) in [7, 11) is 1.59. The molecule has 0 heterocycles. The van der Waals surface area contributed by atoms with Crippen molar-refractivity contribution in [3.05, 3.63) is 59.7 Å². The van der Waals surface area contributed by atoms with Crippen molar-refractivity contribution in [2.75, 3.05) is 18.6 Å². The van der Waals surface area contributed by atoms with Crippen molar-refractivity contribution < 1.29 is 14.3 Å². The lowest BCUT2D eigenvalue weighted by atomic mass is 10.00. The number of carbonyl (C=O) groups excluding carboxylic acids is 2. The van der Waals surface area contributed by atoms with E-state index in [9.17, 15) is 9.59 Å². The number of methoxy groups -OCH3 is 1. The number of hydrogen-bond acceptors (Lipinski definition) is 3. The van der Waals surface area contributed by atoms with E-state index in [0.29, 0.717) is 36.6 Å². The molecule has 2 aliphatic carbocycles. The quantitative estimate of drug-likeness (QED) is 0.401. The van der Waals surface area contributed by atoms with Gasteiger partial charge < -0.3 is 9.64 Å². The smallest absolute Gasteiger partial charge is 0.227 e. The Balaban J connectivity index is 1.64. The zero-order chi connectivity index (χ0) is 22.2. The minimum Gasteiger partial charge on any atom is -0.495 e. The van der Waals surface area contributed by atoms with Gasteiger partial charge in [0.2, 0.25) is 5.91 Å². The molecule has 0 atom stereocenters. The monoisotopic (exact) mass is 421 g/mol. The molecule has 0 N–H and O–H groups in total. The molecule has 1 fully saturated rings. The molecule has 1 aromatic rings. The second-order valence-electron chi connectivity index (χ2n) is 8.93. The second-order valence-corrected chi connectivity index (χ2v) is 8.93. The molecule has 4 heteroatoms. The van der Waals surface area contributed by atoms with Crippen LogP contribution in [0.2, 0.25) is 0 Å². The van der Waals surface area contributed by atoms with Gasteiger partial charge in [0.1, 0.15) is 5.75 Å². The number of allylic oxidation sites excluding steroid dienone is 5. The van der Waals surface area contributed by atoms with E-state index in [4.69, 9.17) is 4.74 Å². The van der Waals surface area contributed by atoms with Gasteiger partial charge in [0, 0.05) is 12.8 Å². The fourth-order valence-corrected chi connectivity index (χ4v) is 4.62. The third-order valence-electron chi connectivity index (χ3n) is 6.29. The Morgan fingerprint density at radius 3 is 2.58 bits per heavy atom. The first-order valence-electron chi connectivity index (χ1n) is 11.4. The molecule has 0 bridgehead atoms. The zero-order valence-corrected chi connectivity index (χ0v) is 19.0. The Bertz CT molecular complexity index is 874. The first-order valence-corrected chi connectivity index (χ1v) is 11.4. The number of ether oxygens (including phenoxy) is 1. The molecule has 0 radical (unpaired) electrons. The molecule has 0 aliphatic heterocycles. The van der Waals surface area contributed by atoms with Crippen molar-refractivity contribution in [1.82, 2.24) is 0 Å². The second kappa shape index (κ2) is 11.1. The van der Waals surface area contributed by atoms with Crippen LogP contribution in [0.5, 0.6) is 5.75 Å². The molecule has 0 saturated heterocycles. The highest BCUT2D eigenvalue weighted by Crippen LogP contribution is 2.31. The molecule has 1 amide bonds. The summed E-state index contributed by atoms with van der Waals surface area (Å²) in [5.41, 5.74) is 4.36. The summed E-state index contributed by atoms with van der Waals surface area (Å²) in [6.07, 6.45) is 12.4. The maximum absolute atomic E-state index is 13.2. The standard InChI is InChI=1S/C27H35NO3/c1-20-12-14-23(16-20)17-21(2)13-15-27(30)28(25-10-6-7-11-26(25)31-3)19-24(29)18-22-8-4-5-9-22/h6-7,10-12,16,22H,2,4-5,8-9,13-15,17-19H2,1,3H3. The normalized spacial score (nSPS) is 16.1. The average Bonchev–Trinajstić information content (AvgIpc) is 3.41. The maximum Gasteiger partial charge on any atom is 0.227 e. The van der Waals surface area contributed by atoms with Crippen molar-refractivity contribution in [1.29, 1.82) is 0 Å². The number of para-hydroxylation sites is 2. The van der Waals surface area contributed by atoms with Gasteiger partial charge in [0.25, 0.3) is 0 Å². The average molecular weight is 422 g/mol. The molecule has 166 valence electrons. The molecule has 1 aromatic carbocycles. The highest BCUT2D eigenvalue weighted by atomic mass is 16.5. The predicted molar refractivity (Wildman–Crippen MR) is 126 cm³/mol. The third kappa shape index (κ3) is 6.68. The predicted octanol–water partition coefficient (Wildman–Crippen LogP) is 6.18. The molecule has 1 saturated carbocycles. The van der Waals surface area contributed by atoms with Crippen LogP contribution in [0.1, 0.15) is 64.7 Å². The molecular formula is C27H35NO3. The van der Waals surface area contributed by atoms with E-state index < -0.39 is 0 Å². The van der Waals surface area contributed by atoms with Gasteiger partial charge in [-0.25, -0.2) is 0 Å².